The lowest BCUT2D eigenvalue weighted by Crippen LogP contribution is -2.18. The third-order valence-electron chi connectivity index (χ3n) is 11.3. The van der Waals surface area contributed by atoms with E-state index in [0.29, 0.717) is 0 Å². The van der Waals surface area contributed by atoms with Gasteiger partial charge >= 0.3 is 0 Å². The Morgan fingerprint density at radius 2 is 1.02 bits per heavy atom. The molecule has 0 N–H and O–H groups in total. The molecule has 0 aliphatic heterocycles. The Bertz CT molecular complexity index is 3180. The van der Waals surface area contributed by atoms with E-state index in [4.69, 9.17) is 4.42 Å². The third kappa shape index (κ3) is 4.81. The summed E-state index contributed by atoms with van der Waals surface area (Å²) >= 11 is 0. The SMILES string of the molecule is C1=CC(N(c2cccc(-c3cc4ccccc4c4ccccc34)c2)c2cccc3c2oc2ccccc23)=C(c2cc3ccccc3c3ccccc23)CC1. The zero-order valence-electron chi connectivity index (χ0n) is 29.7. The van der Waals surface area contributed by atoms with Crippen LogP contribution in [0.3, 0.4) is 0 Å². The number of nitrogens with zero attached hydrogens (tertiary/aromatic N) is 1. The van der Waals surface area contributed by atoms with Gasteiger partial charge in [0.15, 0.2) is 5.58 Å². The highest BCUT2D eigenvalue weighted by molar-refractivity contribution is 6.15. The number of benzene rings is 9. The second kappa shape index (κ2) is 12.4. The number of hydrogen-bond donors (Lipinski definition) is 0. The summed E-state index contributed by atoms with van der Waals surface area (Å²) in [7, 11) is 0. The molecule has 0 radical (unpaired) electrons. The van der Waals surface area contributed by atoms with Crippen molar-refractivity contribution in [3.05, 3.63) is 199 Å². The molecule has 0 saturated carbocycles. The summed E-state index contributed by atoms with van der Waals surface area (Å²) in [5, 5.41) is 12.4. The van der Waals surface area contributed by atoms with Crippen LogP contribution in [0.1, 0.15) is 18.4 Å². The number of anilines is 2. The van der Waals surface area contributed by atoms with Crippen molar-refractivity contribution in [2.75, 3.05) is 4.90 Å². The molecule has 11 rings (SSSR count). The Morgan fingerprint density at radius 1 is 0.444 bits per heavy atom. The minimum absolute atomic E-state index is 0.884. The lowest BCUT2D eigenvalue weighted by Gasteiger charge is -2.31. The average Bonchev–Trinajstić information content (AvgIpc) is 3.63. The van der Waals surface area contributed by atoms with E-state index in [2.05, 4.69) is 193 Å². The predicted octanol–water partition coefficient (Wildman–Crippen LogP) is 14.8. The van der Waals surface area contributed by atoms with Crippen molar-refractivity contribution in [2.45, 2.75) is 12.8 Å². The topological polar surface area (TPSA) is 16.4 Å². The maximum absolute atomic E-state index is 6.78. The summed E-state index contributed by atoms with van der Waals surface area (Å²) in [6.45, 7) is 0. The number of fused-ring (bicyclic) bond motifs is 9. The van der Waals surface area contributed by atoms with E-state index in [1.807, 2.05) is 0 Å². The molecule has 0 amide bonds. The predicted molar refractivity (Wildman–Crippen MR) is 229 cm³/mol. The standard InChI is InChI=1S/C52H35NO/c1-3-19-38-35(15-1)32-47(42-23-7-5-21-40(38)42)34-17-13-18-37(31-34)53(50-29-14-27-46-45-26-10-12-30-51(45)54-52(46)50)49-28-11-9-25-44(49)48-33-36-16-2-4-20-39(36)41-22-6-8-24-43(41)48/h1-8,10-24,26-33H,9,25H2. The lowest BCUT2D eigenvalue weighted by atomic mass is 9.88. The van der Waals surface area contributed by atoms with Crippen molar-refractivity contribution in [1.29, 1.82) is 0 Å². The van der Waals surface area contributed by atoms with Gasteiger partial charge in [0.05, 0.1) is 5.69 Å². The smallest absolute Gasteiger partial charge is 0.159 e. The van der Waals surface area contributed by atoms with Gasteiger partial charge in [-0.3, -0.25) is 0 Å². The molecule has 1 heterocycles. The van der Waals surface area contributed by atoms with Crippen molar-refractivity contribution < 1.29 is 4.42 Å². The molecule has 0 spiro atoms. The summed E-state index contributed by atoms with van der Waals surface area (Å²) in [5.41, 5.74) is 10.1. The Balaban J connectivity index is 1.21. The Kier molecular flexibility index (Phi) is 7.03. The molecule has 0 unspecified atom stereocenters. The maximum atomic E-state index is 6.78. The Labute approximate surface area is 313 Å². The van der Waals surface area contributed by atoms with Gasteiger partial charge in [0.1, 0.15) is 5.58 Å². The first kappa shape index (κ1) is 30.7. The van der Waals surface area contributed by atoms with Gasteiger partial charge in [-0.1, -0.05) is 146 Å². The van der Waals surface area contributed by atoms with Gasteiger partial charge in [-0.15, -0.1) is 0 Å². The molecule has 10 aromatic rings. The van der Waals surface area contributed by atoms with Gasteiger partial charge in [-0.25, -0.2) is 0 Å². The summed E-state index contributed by atoms with van der Waals surface area (Å²) in [6.07, 6.45) is 6.57. The van der Waals surface area contributed by atoms with Gasteiger partial charge in [0, 0.05) is 22.2 Å². The van der Waals surface area contributed by atoms with Crippen LogP contribution in [-0.2, 0) is 0 Å². The lowest BCUT2D eigenvalue weighted by molar-refractivity contribution is 0.669. The van der Waals surface area contributed by atoms with Crippen LogP contribution < -0.4 is 4.90 Å². The van der Waals surface area contributed by atoms with E-state index >= 15 is 0 Å². The van der Waals surface area contributed by atoms with Crippen molar-refractivity contribution in [1.82, 2.24) is 0 Å². The van der Waals surface area contributed by atoms with Gasteiger partial charge < -0.3 is 9.32 Å². The first-order valence-electron chi connectivity index (χ1n) is 18.8. The molecule has 0 fully saturated rings. The molecule has 1 aliphatic carbocycles. The quantitative estimate of drug-likeness (QED) is 0.167. The molecular weight excluding hydrogens is 655 g/mol. The molecule has 0 atom stereocenters. The van der Waals surface area contributed by atoms with Crippen LogP contribution in [-0.4, -0.2) is 0 Å². The van der Waals surface area contributed by atoms with Gasteiger partial charge in [0.2, 0.25) is 0 Å². The van der Waals surface area contributed by atoms with Crippen LogP contribution >= 0.6 is 0 Å². The highest BCUT2D eigenvalue weighted by Crippen LogP contribution is 2.46. The number of furan rings is 1. The summed E-state index contributed by atoms with van der Waals surface area (Å²) in [6, 6.07) is 64.0. The summed E-state index contributed by atoms with van der Waals surface area (Å²) < 4.78 is 6.78. The molecule has 254 valence electrons. The Hall–Kier alpha value is -6.90. The van der Waals surface area contributed by atoms with Crippen LogP contribution in [0.2, 0.25) is 0 Å². The third-order valence-corrected chi connectivity index (χ3v) is 11.3. The number of rotatable bonds is 5. The minimum atomic E-state index is 0.884. The van der Waals surface area contributed by atoms with E-state index in [9.17, 15) is 0 Å². The maximum Gasteiger partial charge on any atom is 0.159 e. The van der Waals surface area contributed by atoms with E-state index < -0.39 is 0 Å². The molecular formula is C52H35NO. The fourth-order valence-electron chi connectivity index (χ4n) is 8.86. The number of para-hydroxylation sites is 2. The first-order valence-corrected chi connectivity index (χ1v) is 18.8. The highest BCUT2D eigenvalue weighted by Gasteiger charge is 2.25. The molecule has 1 aromatic heterocycles. The number of hydrogen-bond acceptors (Lipinski definition) is 2. The molecule has 2 nitrogen and oxygen atoms in total. The molecule has 0 saturated heterocycles. The van der Waals surface area contributed by atoms with E-state index in [0.717, 1.165) is 51.9 Å². The second-order valence-electron chi connectivity index (χ2n) is 14.3. The molecule has 1 aliphatic rings. The normalized spacial score (nSPS) is 13.3. The van der Waals surface area contributed by atoms with Crippen LogP contribution in [0.15, 0.2) is 198 Å². The van der Waals surface area contributed by atoms with Crippen molar-refractivity contribution in [3.8, 4) is 11.1 Å². The van der Waals surface area contributed by atoms with E-state index in [1.165, 1.54) is 65.4 Å². The number of allylic oxidation sites excluding steroid dienone is 3. The second-order valence-corrected chi connectivity index (χ2v) is 14.3. The molecule has 0 bridgehead atoms. The fraction of sp³-hybridized carbons (Fsp3) is 0.0385. The summed E-state index contributed by atoms with van der Waals surface area (Å²) in [4.78, 5) is 2.45. The van der Waals surface area contributed by atoms with Crippen molar-refractivity contribution >= 4 is 82.0 Å². The highest BCUT2D eigenvalue weighted by atomic mass is 16.3. The van der Waals surface area contributed by atoms with Crippen LogP contribution in [0, 0.1) is 0 Å². The van der Waals surface area contributed by atoms with Gasteiger partial charge in [-0.05, 0) is 121 Å². The molecule has 2 heteroatoms. The van der Waals surface area contributed by atoms with Crippen LogP contribution in [0.5, 0.6) is 0 Å². The van der Waals surface area contributed by atoms with E-state index in [-0.39, 0.29) is 0 Å². The fourth-order valence-corrected chi connectivity index (χ4v) is 8.86. The van der Waals surface area contributed by atoms with Crippen molar-refractivity contribution in [3.63, 3.8) is 0 Å². The van der Waals surface area contributed by atoms with Crippen molar-refractivity contribution in [2.24, 2.45) is 0 Å². The zero-order valence-corrected chi connectivity index (χ0v) is 29.7. The summed E-state index contributed by atoms with van der Waals surface area (Å²) in [5.74, 6) is 0. The van der Waals surface area contributed by atoms with E-state index in [1.54, 1.807) is 0 Å². The molecule has 9 aromatic carbocycles. The monoisotopic (exact) mass is 689 g/mol. The van der Waals surface area contributed by atoms with Crippen LogP contribution in [0.25, 0.3) is 81.7 Å². The minimum Gasteiger partial charge on any atom is -0.454 e. The largest absolute Gasteiger partial charge is 0.454 e. The van der Waals surface area contributed by atoms with Crippen LogP contribution in [0.4, 0.5) is 11.4 Å². The first-order chi connectivity index (χ1) is 26.8. The average molecular weight is 690 g/mol. The molecule has 54 heavy (non-hydrogen) atoms. The van der Waals surface area contributed by atoms with Gasteiger partial charge in [-0.2, -0.15) is 0 Å². The van der Waals surface area contributed by atoms with Gasteiger partial charge in [0.25, 0.3) is 0 Å². The Morgan fingerprint density at radius 3 is 1.76 bits per heavy atom. The zero-order chi connectivity index (χ0) is 35.6.